The second-order valence-corrected chi connectivity index (χ2v) is 5.81. The van der Waals surface area contributed by atoms with Gasteiger partial charge in [-0.05, 0) is 42.9 Å². The highest BCUT2D eigenvalue weighted by molar-refractivity contribution is 5.77. The Hall–Kier alpha value is -1.35. The van der Waals surface area contributed by atoms with E-state index in [0.29, 0.717) is 12.5 Å². The molecule has 1 aromatic rings. The zero-order chi connectivity index (χ0) is 14.4. The molecular weight excluding hydrogens is 248 g/mol. The van der Waals surface area contributed by atoms with E-state index < -0.39 is 0 Å². The number of benzene rings is 1. The predicted molar refractivity (Wildman–Crippen MR) is 82.9 cm³/mol. The summed E-state index contributed by atoms with van der Waals surface area (Å²) < 4.78 is 0. The SMILES string of the molecule is CCc1ccc(C(C)CC(=O)NC2CCCNC2)cc1. The van der Waals surface area contributed by atoms with E-state index in [4.69, 9.17) is 0 Å². The second-order valence-electron chi connectivity index (χ2n) is 5.81. The van der Waals surface area contributed by atoms with Gasteiger partial charge in [0.1, 0.15) is 0 Å². The van der Waals surface area contributed by atoms with E-state index in [-0.39, 0.29) is 11.8 Å². The predicted octanol–water partition coefficient (Wildman–Crippen LogP) is 2.61. The number of nitrogens with one attached hydrogen (secondary N) is 2. The van der Waals surface area contributed by atoms with Gasteiger partial charge in [-0.3, -0.25) is 4.79 Å². The van der Waals surface area contributed by atoms with Gasteiger partial charge in [-0.15, -0.1) is 0 Å². The molecule has 2 unspecified atom stereocenters. The van der Waals surface area contributed by atoms with Crippen molar-refractivity contribution < 1.29 is 4.79 Å². The third-order valence-electron chi connectivity index (χ3n) is 4.11. The van der Waals surface area contributed by atoms with Crippen LogP contribution in [-0.4, -0.2) is 25.0 Å². The van der Waals surface area contributed by atoms with Crippen LogP contribution in [0.15, 0.2) is 24.3 Å². The number of hydrogen-bond donors (Lipinski definition) is 2. The van der Waals surface area contributed by atoms with E-state index in [2.05, 4.69) is 48.7 Å². The number of hydrogen-bond acceptors (Lipinski definition) is 2. The Labute approximate surface area is 122 Å². The molecule has 1 heterocycles. The molecule has 3 nitrogen and oxygen atoms in total. The van der Waals surface area contributed by atoms with Crippen LogP contribution in [0.25, 0.3) is 0 Å². The van der Waals surface area contributed by atoms with Crippen LogP contribution in [0.2, 0.25) is 0 Å². The van der Waals surface area contributed by atoms with Crippen molar-refractivity contribution in [2.45, 2.75) is 51.5 Å². The molecule has 3 heteroatoms. The van der Waals surface area contributed by atoms with Gasteiger partial charge in [0.25, 0.3) is 0 Å². The first-order chi connectivity index (χ1) is 9.69. The van der Waals surface area contributed by atoms with Crippen LogP contribution < -0.4 is 10.6 Å². The van der Waals surface area contributed by atoms with Crippen LogP contribution in [0.4, 0.5) is 0 Å². The van der Waals surface area contributed by atoms with Crippen molar-refractivity contribution in [2.24, 2.45) is 0 Å². The fourth-order valence-electron chi connectivity index (χ4n) is 2.74. The van der Waals surface area contributed by atoms with Crippen molar-refractivity contribution >= 4 is 5.91 Å². The van der Waals surface area contributed by atoms with E-state index in [0.717, 1.165) is 32.4 Å². The molecule has 1 saturated heterocycles. The quantitative estimate of drug-likeness (QED) is 0.866. The van der Waals surface area contributed by atoms with Gasteiger partial charge < -0.3 is 10.6 Å². The summed E-state index contributed by atoms with van der Waals surface area (Å²) in [5.41, 5.74) is 2.60. The number of aryl methyl sites for hydroxylation is 1. The molecule has 20 heavy (non-hydrogen) atoms. The molecule has 0 radical (unpaired) electrons. The molecular formula is C17H26N2O. The normalized spacial score (nSPS) is 20.4. The van der Waals surface area contributed by atoms with Crippen molar-refractivity contribution in [1.82, 2.24) is 10.6 Å². The van der Waals surface area contributed by atoms with Crippen LogP contribution >= 0.6 is 0 Å². The molecule has 2 rings (SSSR count). The first kappa shape index (κ1) is 15.0. The lowest BCUT2D eigenvalue weighted by Crippen LogP contribution is -2.45. The van der Waals surface area contributed by atoms with Crippen molar-refractivity contribution in [3.05, 3.63) is 35.4 Å². The third kappa shape index (κ3) is 4.34. The first-order valence-corrected chi connectivity index (χ1v) is 7.78. The van der Waals surface area contributed by atoms with Crippen LogP contribution in [0.3, 0.4) is 0 Å². The van der Waals surface area contributed by atoms with E-state index in [9.17, 15) is 4.79 Å². The fourth-order valence-corrected chi connectivity index (χ4v) is 2.74. The molecule has 1 aliphatic rings. The maximum absolute atomic E-state index is 12.1. The Morgan fingerprint density at radius 3 is 2.75 bits per heavy atom. The Morgan fingerprint density at radius 1 is 1.40 bits per heavy atom. The van der Waals surface area contributed by atoms with Gasteiger partial charge in [0.2, 0.25) is 5.91 Å². The summed E-state index contributed by atoms with van der Waals surface area (Å²) in [7, 11) is 0. The summed E-state index contributed by atoms with van der Waals surface area (Å²) in [6.07, 6.45) is 3.88. The smallest absolute Gasteiger partial charge is 0.220 e. The van der Waals surface area contributed by atoms with E-state index in [1.54, 1.807) is 0 Å². The summed E-state index contributed by atoms with van der Waals surface area (Å²) in [6.45, 7) is 6.27. The topological polar surface area (TPSA) is 41.1 Å². The average Bonchev–Trinajstić information content (AvgIpc) is 2.48. The number of amides is 1. The molecule has 0 spiro atoms. The molecule has 2 atom stereocenters. The minimum Gasteiger partial charge on any atom is -0.352 e. The molecule has 0 bridgehead atoms. The van der Waals surface area contributed by atoms with E-state index in [1.165, 1.54) is 11.1 Å². The molecule has 0 saturated carbocycles. The van der Waals surface area contributed by atoms with Gasteiger partial charge in [-0.1, -0.05) is 38.1 Å². The first-order valence-electron chi connectivity index (χ1n) is 7.78. The molecule has 110 valence electrons. The van der Waals surface area contributed by atoms with Crippen molar-refractivity contribution in [1.29, 1.82) is 0 Å². The maximum atomic E-state index is 12.1. The minimum absolute atomic E-state index is 0.172. The van der Waals surface area contributed by atoms with Gasteiger partial charge in [0.15, 0.2) is 0 Å². The van der Waals surface area contributed by atoms with Crippen LogP contribution in [-0.2, 0) is 11.2 Å². The van der Waals surface area contributed by atoms with E-state index >= 15 is 0 Å². The van der Waals surface area contributed by atoms with Crippen molar-refractivity contribution in [3.8, 4) is 0 Å². The molecule has 0 aliphatic carbocycles. The monoisotopic (exact) mass is 274 g/mol. The highest BCUT2D eigenvalue weighted by Gasteiger charge is 2.17. The van der Waals surface area contributed by atoms with Gasteiger partial charge in [-0.2, -0.15) is 0 Å². The Bertz CT molecular complexity index is 421. The fraction of sp³-hybridized carbons (Fsp3) is 0.588. The number of carbonyl (C=O) groups excluding carboxylic acids is 1. The largest absolute Gasteiger partial charge is 0.352 e. The summed E-state index contributed by atoms with van der Waals surface area (Å²) in [5.74, 6) is 0.447. The zero-order valence-corrected chi connectivity index (χ0v) is 12.6. The summed E-state index contributed by atoms with van der Waals surface area (Å²) in [5, 5.41) is 6.46. The third-order valence-corrected chi connectivity index (χ3v) is 4.11. The van der Waals surface area contributed by atoms with Gasteiger partial charge in [0, 0.05) is 19.0 Å². The van der Waals surface area contributed by atoms with Crippen LogP contribution in [0.1, 0.15) is 50.2 Å². The van der Waals surface area contributed by atoms with Gasteiger partial charge in [-0.25, -0.2) is 0 Å². The highest BCUT2D eigenvalue weighted by Crippen LogP contribution is 2.19. The summed E-state index contributed by atoms with van der Waals surface area (Å²) >= 11 is 0. The number of rotatable bonds is 5. The molecule has 1 fully saturated rings. The van der Waals surface area contributed by atoms with Crippen molar-refractivity contribution in [3.63, 3.8) is 0 Å². The lowest BCUT2D eigenvalue weighted by molar-refractivity contribution is -0.122. The van der Waals surface area contributed by atoms with Crippen molar-refractivity contribution in [2.75, 3.05) is 13.1 Å². The summed E-state index contributed by atoms with van der Waals surface area (Å²) in [4.78, 5) is 12.1. The van der Waals surface area contributed by atoms with E-state index in [1.807, 2.05) is 0 Å². The molecule has 1 aromatic carbocycles. The second kappa shape index (κ2) is 7.44. The average molecular weight is 274 g/mol. The number of piperidine rings is 1. The Morgan fingerprint density at radius 2 is 2.15 bits per heavy atom. The standard InChI is InChI=1S/C17H26N2O/c1-3-14-6-8-15(9-7-14)13(2)11-17(20)19-16-5-4-10-18-12-16/h6-9,13,16,18H,3-5,10-12H2,1-2H3,(H,19,20). The lowest BCUT2D eigenvalue weighted by Gasteiger charge is -2.24. The maximum Gasteiger partial charge on any atom is 0.220 e. The Balaban J connectivity index is 1.82. The summed E-state index contributed by atoms with van der Waals surface area (Å²) in [6, 6.07) is 8.94. The van der Waals surface area contributed by atoms with Crippen LogP contribution in [0, 0.1) is 0 Å². The molecule has 0 aromatic heterocycles. The highest BCUT2D eigenvalue weighted by atomic mass is 16.1. The molecule has 1 amide bonds. The molecule has 2 N–H and O–H groups in total. The lowest BCUT2D eigenvalue weighted by atomic mass is 9.95. The van der Waals surface area contributed by atoms with Crippen LogP contribution in [0.5, 0.6) is 0 Å². The van der Waals surface area contributed by atoms with Gasteiger partial charge >= 0.3 is 0 Å². The molecule has 1 aliphatic heterocycles. The van der Waals surface area contributed by atoms with Gasteiger partial charge in [0.05, 0.1) is 0 Å². The Kier molecular flexibility index (Phi) is 5.60. The number of carbonyl (C=O) groups is 1. The zero-order valence-electron chi connectivity index (χ0n) is 12.6. The minimum atomic E-state index is 0.172.